The number of aromatic hydroxyl groups is 1. The van der Waals surface area contributed by atoms with Crippen molar-refractivity contribution >= 4 is 34.3 Å². The van der Waals surface area contributed by atoms with E-state index in [1.54, 1.807) is 49.4 Å². The van der Waals surface area contributed by atoms with Gasteiger partial charge < -0.3 is 19.9 Å². The predicted octanol–water partition coefficient (Wildman–Crippen LogP) is 3.81. The summed E-state index contributed by atoms with van der Waals surface area (Å²) >= 11 is 0. The SMILES string of the molecule is CCOc1cc([C@@H](C(=O)NC[C@@H]2CCCO2)N(C(=O)Cn2nnc3ccccc32)c2ccc(C(C)=O)cc2)ccc1O. The fourth-order valence-electron chi connectivity index (χ4n) is 5.04. The van der Waals surface area contributed by atoms with Gasteiger partial charge in [0.15, 0.2) is 17.3 Å². The van der Waals surface area contributed by atoms with Crippen LogP contribution in [0.2, 0.25) is 0 Å². The first-order valence-electron chi connectivity index (χ1n) is 13.9. The minimum Gasteiger partial charge on any atom is -0.504 e. The molecule has 1 saturated heterocycles. The van der Waals surface area contributed by atoms with Crippen molar-refractivity contribution in [1.29, 1.82) is 0 Å². The van der Waals surface area contributed by atoms with Crippen molar-refractivity contribution in [3.05, 3.63) is 77.9 Å². The van der Waals surface area contributed by atoms with Crippen LogP contribution in [0.5, 0.6) is 11.5 Å². The number of Topliss-reactive ketones (excluding diaryl/α,β-unsaturated/α-hetero) is 1. The average molecular weight is 572 g/mol. The van der Waals surface area contributed by atoms with Crippen molar-refractivity contribution in [3.63, 3.8) is 0 Å². The molecule has 0 aliphatic carbocycles. The standard InChI is InChI=1S/C31H33N5O6/c1-3-41-28-17-22(12-15-27(28)38)30(31(40)32-18-24-7-6-16-42-24)36(23-13-10-21(11-14-23)20(2)37)29(39)19-35-26-9-5-4-8-25(26)33-34-35/h4-5,8-15,17,24,30,38H,3,6-7,16,18-19H2,1-2H3,(H,32,40)/t24-,30-/m0/s1. The Morgan fingerprint density at radius 3 is 2.64 bits per heavy atom. The molecule has 218 valence electrons. The molecule has 0 unspecified atom stereocenters. The van der Waals surface area contributed by atoms with Crippen LogP contribution in [0.1, 0.15) is 48.7 Å². The number of nitrogens with one attached hydrogen (secondary N) is 1. The van der Waals surface area contributed by atoms with Gasteiger partial charge in [-0.3, -0.25) is 19.3 Å². The van der Waals surface area contributed by atoms with Crippen molar-refractivity contribution in [2.45, 2.75) is 45.4 Å². The second-order valence-corrected chi connectivity index (χ2v) is 10.0. The second kappa shape index (κ2) is 12.8. The summed E-state index contributed by atoms with van der Waals surface area (Å²) in [5.74, 6) is -0.903. The van der Waals surface area contributed by atoms with Gasteiger partial charge in [-0.1, -0.05) is 23.4 Å². The van der Waals surface area contributed by atoms with Gasteiger partial charge in [-0.25, -0.2) is 4.68 Å². The van der Waals surface area contributed by atoms with E-state index < -0.39 is 17.9 Å². The molecule has 1 fully saturated rings. The molecule has 5 rings (SSSR count). The average Bonchev–Trinajstić information content (AvgIpc) is 3.66. The largest absolute Gasteiger partial charge is 0.504 e. The van der Waals surface area contributed by atoms with E-state index in [0.717, 1.165) is 12.8 Å². The number of ether oxygens (including phenoxy) is 2. The predicted molar refractivity (Wildman–Crippen MR) is 155 cm³/mol. The van der Waals surface area contributed by atoms with Gasteiger partial charge in [0.25, 0.3) is 0 Å². The highest BCUT2D eigenvalue weighted by molar-refractivity contribution is 6.02. The van der Waals surface area contributed by atoms with E-state index in [1.165, 1.54) is 22.6 Å². The van der Waals surface area contributed by atoms with Crippen LogP contribution in [0, 0.1) is 0 Å². The normalized spacial score (nSPS) is 15.3. The Morgan fingerprint density at radius 1 is 1.14 bits per heavy atom. The highest BCUT2D eigenvalue weighted by Gasteiger charge is 2.34. The van der Waals surface area contributed by atoms with Crippen molar-refractivity contribution in [2.75, 3.05) is 24.7 Å². The smallest absolute Gasteiger partial charge is 0.249 e. The molecule has 11 nitrogen and oxygen atoms in total. The summed E-state index contributed by atoms with van der Waals surface area (Å²) in [6.07, 6.45) is 1.63. The number of rotatable bonds is 11. The molecule has 2 atom stereocenters. The van der Waals surface area contributed by atoms with Crippen LogP contribution in [0.25, 0.3) is 11.0 Å². The third-order valence-electron chi connectivity index (χ3n) is 7.16. The first-order chi connectivity index (χ1) is 20.4. The quantitative estimate of drug-likeness (QED) is 0.260. The number of phenols is 1. The molecule has 4 aromatic rings. The Bertz CT molecular complexity index is 1580. The van der Waals surface area contributed by atoms with Crippen LogP contribution < -0.4 is 15.0 Å². The molecule has 0 saturated carbocycles. The molecule has 0 radical (unpaired) electrons. The van der Waals surface area contributed by atoms with E-state index in [2.05, 4.69) is 15.6 Å². The molecule has 1 aromatic heterocycles. The third-order valence-corrected chi connectivity index (χ3v) is 7.16. The van der Waals surface area contributed by atoms with Gasteiger partial charge in [0, 0.05) is 24.4 Å². The monoisotopic (exact) mass is 571 g/mol. The van der Waals surface area contributed by atoms with E-state index in [4.69, 9.17) is 9.47 Å². The van der Waals surface area contributed by atoms with Crippen LogP contribution in [-0.2, 0) is 20.9 Å². The van der Waals surface area contributed by atoms with Crippen LogP contribution >= 0.6 is 0 Å². The molecule has 2 amide bonds. The number of aromatic nitrogens is 3. The number of carbonyl (C=O) groups is 3. The fraction of sp³-hybridized carbons (Fsp3) is 0.323. The van der Waals surface area contributed by atoms with E-state index in [1.807, 2.05) is 18.2 Å². The van der Waals surface area contributed by atoms with Crippen LogP contribution in [0.15, 0.2) is 66.7 Å². The van der Waals surface area contributed by atoms with Crippen LogP contribution in [0.3, 0.4) is 0 Å². The Kier molecular flexibility index (Phi) is 8.77. The minimum absolute atomic E-state index is 0.0862. The van der Waals surface area contributed by atoms with Crippen molar-refractivity contribution in [3.8, 4) is 11.5 Å². The molecule has 2 heterocycles. The summed E-state index contributed by atoms with van der Waals surface area (Å²) in [4.78, 5) is 41.6. The van der Waals surface area contributed by atoms with E-state index >= 15 is 0 Å². The van der Waals surface area contributed by atoms with Gasteiger partial charge in [-0.2, -0.15) is 0 Å². The van der Waals surface area contributed by atoms with Gasteiger partial charge >= 0.3 is 0 Å². The number of para-hydroxylation sites is 1. The number of carbonyl (C=O) groups excluding carboxylic acids is 3. The van der Waals surface area contributed by atoms with Gasteiger partial charge in [0.05, 0.1) is 18.2 Å². The summed E-state index contributed by atoms with van der Waals surface area (Å²) < 4.78 is 12.8. The molecule has 1 aliphatic rings. The number of ketones is 1. The number of hydrogen-bond acceptors (Lipinski definition) is 8. The zero-order valence-electron chi connectivity index (χ0n) is 23.5. The molecular formula is C31H33N5O6. The molecule has 2 N–H and O–H groups in total. The van der Waals surface area contributed by atoms with Gasteiger partial charge in [-0.15, -0.1) is 5.10 Å². The minimum atomic E-state index is -1.16. The lowest BCUT2D eigenvalue weighted by atomic mass is 10.0. The molecular weight excluding hydrogens is 538 g/mol. The summed E-state index contributed by atoms with van der Waals surface area (Å²) in [7, 11) is 0. The van der Waals surface area contributed by atoms with Crippen LogP contribution in [-0.4, -0.2) is 63.6 Å². The highest BCUT2D eigenvalue weighted by atomic mass is 16.5. The molecule has 3 aromatic carbocycles. The van der Waals surface area contributed by atoms with Gasteiger partial charge in [0.1, 0.15) is 18.1 Å². The molecule has 0 spiro atoms. The maximum atomic E-state index is 14.2. The zero-order chi connectivity index (χ0) is 29.6. The molecule has 0 bridgehead atoms. The number of amides is 2. The Labute approximate surface area is 243 Å². The highest BCUT2D eigenvalue weighted by Crippen LogP contribution is 2.34. The third kappa shape index (κ3) is 6.26. The molecule has 11 heteroatoms. The first-order valence-corrected chi connectivity index (χ1v) is 13.9. The van der Waals surface area contributed by atoms with E-state index in [9.17, 15) is 19.5 Å². The second-order valence-electron chi connectivity index (χ2n) is 10.0. The zero-order valence-corrected chi connectivity index (χ0v) is 23.5. The lowest BCUT2D eigenvalue weighted by Gasteiger charge is -2.32. The van der Waals surface area contributed by atoms with E-state index in [-0.39, 0.29) is 36.5 Å². The van der Waals surface area contributed by atoms with Crippen molar-refractivity contribution in [2.24, 2.45) is 0 Å². The fourth-order valence-corrected chi connectivity index (χ4v) is 5.04. The Morgan fingerprint density at radius 2 is 1.93 bits per heavy atom. The van der Waals surface area contributed by atoms with Crippen LogP contribution in [0.4, 0.5) is 5.69 Å². The Balaban J connectivity index is 1.58. The summed E-state index contributed by atoms with van der Waals surface area (Å²) in [5, 5.41) is 21.7. The van der Waals surface area contributed by atoms with E-state index in [0.29, 0.717) is 41.1 Å². The summed E-state index contributed by atoms with van der Waals surface area (Å²) in [6.45, 7) is 4.25. The number of benzene rings is 3. The number of hydrogen-bond donors (Lipinski definition) is 2. The van der Waals surface area contributed by atoms with Crippen molar-refractivity contribution < 1.29 is 29.0 Å². The summed E-state index contributed by atoms with van der Waals surface area (Å²) in [5.41, 5.74) is 2.59. The van der Waals surface area contributed by atoms with Crippen molar-refractivity contribution in [1.82, 2.24) is 20.3 Å². The Hall–Kier alpha value is -4.77. The lowest BCUT2D eigenvalue weighted by molar-refractivity contribution is -0.127. The number of fused-ring (bicyclic) bond motifs is 1. The maximum absolute atomic E-state index is 14.2. The lowest BCUT2D eigenvalue weighted by Crippen LogP contribution is -2.46. The molecule has 1 aliphatic heterocycles. The molecule has 42 heavy (non-hydrogen) atoms. The van der Waals surface area contributed by atoms with Gasteiger partial charge in [-0.05, 0) is 80.8 Å². The van der Waals surface area contributed by atoms with Gasteiger partial charge in [0.2, 0.25) is 11.8 Å². The summed E-state index contributed by atoms with van der Waals surface area (Å²) in [6, 6.07) is 17.2. The number of anilines is 1. The topological polar surface area (TPSA) is 136 Å². The number of phenolic OH excluding ortho intramolecular Hbond substituents is 1. The maximum Gasteiger partial charge on any atom is 0.249 e. The first kappa shape index (κ1) is 28.7. The number of nitrogens with zero attached hydrogens (tertiary/aromatic N) is 4.